The van der Waals surface area contributed by atoms with Crippen molar-refractivity contribution in [3.8, 4) is 0 Å². The SMILES string of the molecule is Cc1cc(C)c(N2CCN(C(=O)CCC(=O)[O-])CC2)c(C)c1. The van der Waals surface area contributed by atoms with Gasteiger partial charge in [-0.05, 0) is 38.3 Å². The molecule has 1 saturated heterocycles. The normalized spacial score (nSPS) is 15.0. The lowest BCUT2D eigenvalue weighted by molar-refractivity contribution is -0.305. The molecule has 1 aromatic carbocycles. The molecule has 0 unspecified atom stereocenters. The van der Waals surface area contributed by atoms with Gasteiger partial charge in [-0.1, -0.05) is 17.7 Å². The molecule has 0 N–H and O–H groups in total. The smallest absolute Gasteiger partial charge is 0.223 e. The van der Waals surface area contributed by atoms with E-state index in [1.54, 1.807) is 4.90 Å². The van der Waals surface area contributed by atoms with Crippen LogP contribution in [-0.4, -0.2) is 43.0 Å². The van der Waals surface area contributed by atoms with Crippen molar-refractivity contribution >= 4 is 17.6 Å². The average Bonchev–Trinajstić information content (AvgIpc) is 2.44. The van der Waals surface area contributed by atoms with Crippen molar-refractivity contribution in [3.63, 3.8) is 0 Å². The van der Waals surface area contributed by atoms with Crippen LogP contribution in [0.4, 0.5) is 5.69 Å². The topological polar surface area (TPSA) is 63.7 Å². The van der Waals surface area contributed by atoms with Crippen LogP contribution < -0.4 is 10.0 Å². The summed E-state index contributed by atoms with van der Waals surface area (Å²) in [5.74, 6) is -1.26. The van der Waals surface area contributed by atoms with E-state index in [0.717, 1.165) is 13.1 Å². The molecule has 120 valence electrons. The molecule has 5 heteroatoms. The van der Waals surface area contributed by atoms with Gasteiger partial charge in [0.25, 0.3) is 0 Å². The number of hydrogen-bond acceptors (Lipinski definition) is 4. The monoisotopic (exact) mass is 303 g/mol. The van der Waals surface area contributed by atoms with Gasteiger partial charge in [0.05, 0.1) is 0 Å². The number of rotatable bonds is 4. The number of carbonyl (C=O) groups is 2. The summed E-state index contributed by atoms with van der Waals surface area (Å²) in [5, 5.41) is 10.4. The molecular weight excluding hydrogens is 280 g/mol. The standard InChI is InChI=1S/C17H24N2O3/c1-12-10-13(2)17(14(3)11-12)19-8-6-18(7-9-19)15(20)4-5-16(21)22/h10-11H,4-9H2,1-3H3,(H,21,22)/p-1. The minimum atomic E-state index is -1.17. The van der Waals surface area contributed by atoms with Crippen LogP contribution in [0.3, 0.4) is 0 Å². The highest BCUT2D eigenvalue weighted by molar-refractivity contribution is 5.80. The number of nitrogens with zero attached hydrogens (tertiary/aromatic N) is 2. The van der Waals surface area contributed by atoms with E-state index in [1.807, 2.05) is 0 Å². The Bertz CT molecular complexity index is 552. The molecule has 2 rings (SSSR count). The van der Waals surface area contributed by atoms with Gasteiger partial charge in [0.15, 0.2) is 0 Å². The zero-order chi connectivity index (χ0) is 16.3. The first kappa shape index (κ1) is 16.3. The first-order valence-electron chi connectivity index (χ1n) is 7.69. The number of aryl methyl sites for hydroxylation is 3. The fourth-order valence-corrected chi connectivity index (χ4v) is 3.22. The molecule has 0 spiro atoms. The van der Waals surface area contributed by atoms with Gasteiger partial charge in [-0.2, -0.15) is 0 Å². The first-order chi connectivity index (χ1) is 10.4. The maximum absolute atomic E-state index is 11.9. The summed E-state index contributed by atoms with van der Waals surface area (Å²) in [6, 6.07) is 4.36. The number of benzene rings is 1. The number of amides is 1. The Kier molecular flexibility index (Phi) is 5.06. The molecule has 0 atom stereocenters. The molecule has 1 aromatic rings. The summed E-state index contributed by atoms with van der Waals surface area (Å²) in [6.07, 6.45) is -0.167. The fraction of sp³-hybridized carbons (Fsp3) is 0.529. The third-order valence-corrected chi connectivity index (χ3v) is 4.13. The lowest BCUT2D eigenvalue weighted by Crippen LogP contribution is -2.49. The van der Waals surface area contributed by atoms with Gasteiger partial charge in [0.1, 0.15) is 0 Å². The van der Waals surface area contributed by atoms with E-state index >= 15 is 0 Å². The Labute approximate surface area is 131 Å². The maximum atomic E-state index is 11.9. The summed E-state index contributed by atoms with van der Waals surface area (Å²) in [7, 11) is 0. The second kappa shape index (κ2) is 6.81. The maximum Gasteiger partial charge on any atom is 0.223 e. The summed E-state index contributed by atoms with van der Waals surface area (Å²) in [6.45, 7) is 9.16. The number of carboxylic acid groups (broad SMARTS) is 1. The predicted molar refractivity (Wildman–Crippen MR) is 83.7 cm³/mol. The second-order valence-corrected chi connectivity index (χ2v) is 5.99. The zero-order valence-electron chi connectivity index (χ0n) is 13.5. The van der Waals surface area contributed by atoms with Crippen LogP contribution in [0.1, 0.15) is 29.5 Å². The van der Waals surface area contributed by atoms with Gasteiger partial charge in [-0.15, -0.1) is 0 Å². The van der Waals surface area contributed by atoms with E-state index in [4.69, 9.17) is 0 Å². The highest BCUT2D eigenvalue weighted by Crippen LogP contribution is 2.27. The van der Waals surface area contributed by atoms with E-state index < -0.39 is 5.97 Å². The van der Waals surface area contributed by atoms with E-state index in [9.17, 15) is 14.7 Å². The molecule has 1 aliphatic heterocycles. The van der Waals surface area contributed by atoms with Gasteiger partial charge >= 0.3 is 0 Å². The number of aliphatic carboxylic acids is 1. The number of hydrogen-bond donors (Lipinski definition) is 0. The summed E-state index contributed by atoms with van der Waals surface area (Å²) < 4.78 is 0. The van der Waals surface area contributed by atoms with E-state index in [0.29, 0.717) is 13.1 Å². The van der Waals surface area contributed by atoms with Crippen LogP contribution in [0.2, 0.25) is 0 Å². The largest absolute Gasteiger partial charge is 0.550 e. The number of piperazine rings is 1. The Balaban J connectivity index is 1.98. The van der Waals surface area contributed by atoms with Crippen molar-refractivity contribution in [1.29, 1.82) is 0 Å². The van der Waals surface area contributed by atoms with Gasteiger partial charge in [-0.25, -0.2) is 0 Å². The van der Waals surface area contributed by atoms with Crippen LogP contribution >= 0.6 is 0 Å². The first-order valence-corrected chi connectivity index (χ1v) is 7.69. The molecule has 5 nitrogen and oxygen atoms in total. The second-order valence-electron chi connectivity index (χ2n) is 5.99. The zero-order valence-corrected chi connectivity index (χ0v) is 13.5. The van der Waals surface area contributed by atoms with Crippen molar-refractivity contribution < 1.29 is 14.7 Å². The molecule has 0 bridgehead atoms. The summed E-state index contributed by atoms with van der Waals surface area (Å²) in [4.78, 5) is 26.4. The molecule has 0 aromatic heterocycles. The van der Waals surface area contributed by atoms with E-state index in [2.05, 4.69) is 37.8 Å². The molecular formula is C17H23N2O3-. The molecule has 0 radical (unpaired) electrons. The van der Waals surface area contributed by atoms with Gasteiger partial charge in [0.2, 0.25) is 5.91 Å². The Morgan fingerprint density at radius 2 is 1.55 bits per heavy atom. The molecule has 1 aliphatic rings. The van der Waals surface area contributed by atoms with Crippen molar-refractivity contribution in [2.75, 3.05) is 31.1 Å². The Morgan fingerprint density at radius 3 is 2.05 bits per heavy atom. The Morgan fingerprint density at radius 1 is 1.00 bits per heavy atom. The lowest BCUT2D eigenvalue weighted by atomic mass is 10.0. The summed E-state index contributed by atoms with van der Waals surface area (Å²) >= 11 is 0. The molecule has 22 heavy (non-hydrogen) atoms. The number of carbonyl (C=O) groups excluding carboxylic acids is 2. The molecule has 1 amide bonds. The molecule has 1 fully saturated rings. The van der Waals surface area contributed by atoms with Crippen molar-refractivity contribution in [2.24, 2.45) is 0 Å². The van der Waals surface area contributed by atoms with Crippen molar-refractivity contribution in [2.45, 2.75) is 33.6 Å². The van der Waals surface area contributed by atoms with Gasteiger partial charge < -0.3 is 19.7 Å². The third kappa shape index (κ3) is 3.78. The fourth-order valence-electron chi connectivity index (χ4n) is 3.22. The van der Waals surface area contributed by atoms with Crippen LogP contribution in [0.15, 0.2) is 12.1 Å². The number of anilines is 1. The van der Waals surface area contributed by atoms with E-state index in [1.165, 1.54) is 22.4 Å². The predicted octanol–water partition coefficient (Wildman–Crippen LogP) is 0.791. The van der Waals surface area contributed by atoms with Crippen LogP contribution in [0.25, 0.3) is 0 Å². The highest BCUT2D eigenvalue weighted by atomic mass is 16.4. The van der Waals surface area contributed by atoms with Crippen molar-refractivity contribution in [3.05, 3.63) is 28.8 Å². The number of carboxylic acids is 1. The van der Waals surface area contributed by atoms with Gasteiger partial charge in [-0.3, -0.25) is 4.79 Å². The van der Waals surface area contributed by atoms with Crippen LogP contribution in [-0.2, 0) is 9.59 Å². The minimum Gasteiger partial charge on any atom is -0.550 e. The van der Waals surface area contributed by atoms with Crippen molar-refractivity contribution in [1.82, 2.24) is 4.90 Å². The molecule has 0 saturated carbocycles. The lowest BCUT2D eigenvalue weighted by Gasteiger charge is -2.37. The van der Waals surface area contributed by atoms with Gasteiger partial charge in [0, 0.05) is 44.3 Å². The van der Waals surface area contributed by atoms with Crippen LogP contribution in [0, 0.1) is 20.8 Å². The minimum absolute atomic E-state index is 0.0327. The quantitative estimate of drug-likeness (QED) is 0.825. The Hall–Kier alpha value is -2.04. The van der Waals surface area contributed by atoms with E-state index in [-0.39, 0.29) is 18.7 Å². The van der Waals surface area contributed by atoms with Crippen LogP contribution in [0.5, 0.6) is 0 Å². The molecule has 0 aliphatic carbocycles. The summed E-state index contributed by atoms with van der Waals surface area (Å²) in [5.41, 5.74) is 5.03. The highest BCUT2D eigenvalue weighted by Gasteiger charge is 2.22. The third-order valence-electron chi connectivity index (χ3n) is 4.13. The molecule has 1 heterocycles. The average molecular weight is 303 g/mol.